The van der Waals surface area contributed by atoms with Gasteiger partial charge in [-0.25, -0.2) is 4.68 Å². The molecule has 1 aromatic heterocycles. The van der Waals surface area contributed by atoms with E-state index in [1.54, 1.807) is 0 Å². The van der Waals surface area contributed by atoms with Gasteiger partial charge in [-0.05, 0) is 49.6 Å². The standard InChI is InChI=1S/C20H21N5OS/c1-12-9-13(2)11-16(10-12)21-19(26)18-17(15-7-5-4-6-8-15)24-25-14(3)22-23-20(25)27-18/h4-11,17-18,24H,1-3H3,(H,21,26)/t17-,18-/m1/s1. The minimum atomic E-state index is -0.371. The van der Waals surface area contributed by atoms with Crippen LogP contribution in [0.15, 0.2) is 53.7 Å². The highest BCUT2D eigenvalue weighted by molar-refractivity contribution is 8.00. The van der Waals surface area contributed by atoms with Crippen LogP contribution in [-0.4, -0.2) is 26.0 Å². The monoisotopic (exact) mass is 379 g/mol. The number of nitrogens with one attached hydrogen (secondary N) is 2. The second kappa shape index (κ2) is 7.08. The van der Waals surface area contributed by atoms with Crippen molar-refractivity contribution in [2.24, 2.45) is 0 Å². The van der Waals surface area contributed by atoms with Crippen LogP contribution in [0, 0.1) is 20.8 Å². The zero-order chi connectivity index (χ0) is 19.0. The van der Waals surface area contributed by atoms with Gasteiger partial charge in [-0.15, -0.1) is 10.2 Å². The molecule has 0 saturated heterocycles. The molecule has 2 N–H and O–H groups in total. The minimum Gasteiger partial charge on any atom is -0.325 e. The molecule has 0 bridgehead atoms. The molecule has 0 fully saturated rings. The van der Waals surface area contributed by atoms with Gasteiger partial charge in [0, 0.05) is 5.69 Å². The van der Waals surface area contributed by atoms with Crippen molar-refractivity contribution in [1.29, 1.82) is 0 Å². The summed E-state index contributed by atoms with van der Waals surface area (Å²) in [7, 11) is 0. The van der Waals surface area contributed by atoms with E-state index >= 15 is 0 Å². The quantitative estimate of drug-likeness (QED) is 0.727. The van der Waals surface area contributed by atoms with Crippen LogP contribution in [0.1, 0.15) is 28.6 Å². The van der Waals surface area contributed by atoms with Gasteiger partial charge in [0.25, 0.3) is 0 Å². The summed E-state index contributed by atoms with van der Waals surface area (Å²) in [5.74, 6) is 0.713. The van der Waals surface area contributed by atoms with E-state index in [-0.39, 0.29) is 17.2 Å². The fourth-order valence-electron chi connectivity index (χ4n) is 3.33. The van der Waals surface area contributed by atoms with Crippen molar-refractivity contribution < 1.29 is 4.79 Å². The molecule has 1 aliphatic heterocycles. The Bertz CT molecular complexity index is 965. The highest BCUT2D eigenvalue weighted by Crippen LogP contribution is 2.37. The normalized spacial score (nSPS) is 18.5. The van der Waals surface area contributed by atoms with E-state index in [4.69, 9.17) is 0 Å². The van der Waals surface area contributed by atoms with E-state index in [0.717, 1.165) is 28.2 Å². The van der Waals surface area contributed by atoms with Crippen LogP contribution in [0.5, 0.6) is 0 Å². The Morgan fingerprint density at radius 2 is 1.78 bits per heavy atom. The maximum absolute atomic E-state index is 13.2. The lowest BCUT2D eigenvalue weighted by Gasteiger charge is -2.32. The number of carbonyl (C=O) groups excluding carboxylic acids is 1. The van der Waals surface area contributed by atoms with Crippen LogP contribution in [0.2, 0.25) is 0 Å². The molecule has 2 atom stereocenters. The van der Waals surface area contributed by atoms with Gasteiger partial charge in [-0.1, -0.05) is 48.2 Å². The van der Waals surface area contributed by atoms with Gasteiger partial charge >= 0.3 is 0 Å². The van der Waals surface area contributed by atoms with E-state index in [9.17, 15) is 4.79 Å². The molecule has 2 heterocycles. The topological polar surface area (TPSA) is 71.8 Å². The predicted octanol–water partition coefficient (Wildman–Crippen LogP) is 3.60. The number of anilines is 1. The Balaban J connectivity index is 1.66. The first-order chi connectivity index (χ1) is 13.0. The third-order valence-corrected chi connectivity index (χ3v) is 5.72. The maximum atomic E-state index is 13.2. The molecule has 3 aromatic rings. The van der Waals surface area contributed by atoms with Crippen molar-refractivity contribution in [3.63, 3.8) is 0 Å². The van der Waals surface area contributed by atoms with Crippen molar-refractivity contribution in [1.82, 2.24) is 14.9 Å². The molecule has 1 aliphatic rings. The summed E-state index contributed by atoms with van der Waals surface area (Å²) >= 11 is 1.43. The molecule has 1 amide bonds. The second-order valence-electron chi connectivity index (χ2n) is 6.79. The smallest absolute Gasteiger partial charge is 0.240 e. The number of fused-ring (bicyclic) bond motifs is 1. The van der Waals surface area contributed by atoms with Gasteiger partial charge < -0.3 is 10.7 Å². The molecule has 27 heavy (non-hydrogen) atoms. The first-order valence-electron chi connectivity index (χ1n) is 8.80. The van der Waals surface area contributed by atoms with E-state index < -0.39 is 0 Å². The van der Waals surface area contributed by atoms with Crippen LogP contribution in [-0.2, 0) is 4.79 Å². The Morgan fingerprint density at radius 3 is 2.48 bits per heavy atom. The molecular formula is C20H21N5OS. The number of thioether (sulfide) groups is 1. The molecule has 0 unspecified atom stereocenters. The summed E-state index contributed by atoms with van der Waals surface area (Å²) in [5.41, 5.74) is 7.51. The zero-order valence-corrected chi connectivity index (χ0v) is 16.2. The number of carbonyl (C=O) groups is 1. The first-order valence-corrected chi connectivity index (χ1v) is 9.68. The first kappa shape index (κ1) is 17.6. The number of aryl methyl sites for hydroxylation is 3. The number of rotatable bonds is 3. The molecule has 0 radical (unpaired) electrons. The van der Waals surface area contributed by atoms with Crippen LogP contribution < -0.4 is 10.7 Å². The summed E-state index contributed by atoms with van der Waals surface area (Å²) in [4.78, 5) is 13.2. The number of amides is 1. The summed E-state index contributed by atoms with van der Waals surface area (Å²) in [5, 5.41) is 11.7. The summed E-state index contributed by atoms with van der Waals surface area (Å²) in [6.07, 6.45) is 0. The van der Waals surface area contributed by atoms with E-state index in [1.165, 1.54) is 11.8 Å². The van der Waals surface area contributed by atoms with Crippen molar-refractivity contribution in [3.05, 3.63) is 71.0 Å². The van der Waals surface area contributed by atoms with Gasteiger partial charge in [-0.3, -0.25) is 4.79 Å². The van der Waals surface area contributed by atoms with Crippen LogP contribution in [0.3, 0.4) is 0 Å². The highest BCUT2D eigenvalue weighted by atomic mass is 32.2. The van der Waals surface area contributed by atoms with E-state index in [1.807, 2.05) is 67.9 Å². The number of nitrogens with zero attached hydrogens (tertiary/aromatic N) is 3. The SMILES string of the molecule is Cc1cc(C)cc(NC(=O)[C@@H]2Sc3nnc(C)n3N[C@@H]2c2ccccc2)c1. The Labute approximate surface area is 162 Å². The molecule has 7 heteroatoms. The molecule has 0 saturated carbocycles. The summed E-state index contributed by atoms with van der Waals surface area (Å²) in [6, 6.07) is 15.9. The van der Waals surface area contributed by atoms with Crippen LogP contribution in [0.4, 0.5) is 5.69 Å². The van der Waals surface area contributed by atoms with Crippen LogP contribution in [0.25, 0.3) is 0 Å². The number of aromatic nitrogens is 3. The Morgan fingerprint density at radius 1 is 1.07 bits per heavy atom. The van der Waals surface area contributed by atoms with Crippen molar-refractivity contribution in [2.45, 2.75) is 37.2 Å². The van der Waals surface area contributed by atoms with E-state index in [0.29, 0.717) is 5.16 Å². The minimum absolute atomic E-state index is 0.0572. The Hall–Kier alpha value is -2.80. The highest BCUT2D eigenvalue weighted by Gasteiger charge is 2.37. The van der Waals surface area contributed by atoms with Gasteiger partial charge in [-0.2, -0.15) is 0 Å². The molecule has 0 aliphatic carbocycles. The lowest BCUT2D eigenvalue weighted by molar-refractivity contribution is -0.116. The van der Waals surface area contributed by atoms with Crippen molar-refractivity contribution in [2.75, 3.05) is 10.7 Å². The van der Waals surface area contributed by atoms with Gasteiger partial charge in [0.05, 0.1) is 6.04 Å². The molecule has 2 aromatic carbocycles. The van der Waals surface area contributed by atoms with Crippen molar-refractivity contribution >= 4 is 23.4 Å². The largest absolute Gasteiger partial charge is 0.325 e. The second-order valence-corrected chi connectivity index (χ2v) is 7.90. The fourth-order valence-corrected chi connectivity index (χ4v) is 4.46. The summed E-state index contributed by atoms with van der Waals surface area (Å²) < 4.78 is 1.85. The molecule has 6 nitrogen and oxygen atoms in total. The average molecular weight is 379 g/mol. The van der Waals surface area contributed by atoms with Crippen LogP contribution >= 0.6 is 11.8 Å². The fraction of sp³-hybridized carbons (Fsp3) is 0.250. The summed E-state index contributed by atoms with van der Waals surface area (Å²) in [6.45, 7) is 5.94. The zero-order valence-electron chi connectivity index (χ0n) is 15.4. The number of benzene rings is 2. The predicted molar refractivity (Wildman–Crippen MR) is 107 cm³/mol. The molecular weight excluding hydrogens is 358 g/mol. The molecule has 0 spiro atoms. The molecule has 4 rings (SSSR count). The van der Waals surface area contributed by atoms with Gasteiger partial charge in [0.1, 0.15) is 11.1 Å². The lowest BCUT2D eigenvalue weighted by Crippen LogP contribution is -2.41. The van der Waals surface area contributed by atoms with Gasteiger partial charge in [0.2, 0.25) is 11.1 Å². The third kappa shape index (κ3) is 3.55. The molecule has 138 valence electrons. The van der Waals surface area contributed by atoms with Crippen molar-refractivity contribution in [3.8, 4) is 0 Å². The maximum Gasteiger partial charge on any atom is 0.240 e. The van der Waals surface area contributed by atoms with Gasteiger partial charge in [0.15, 0.2) is 0 Å². The van der Waals surface area contributed by atoms with E-state index in [2.05, 4.69) is 27.0 Å². The Kier molecular flexibility index (Phi) is 4.61. The third-order valence-electron chi connectivity index (χ3n) is 4.50. The average Bonchev–Trinajstić information content (AvgIpc) is 3.01. The number of hydrogen-bond donors (Lipinski definition) is 2. The lowest BCUT2D eigenvalue weighted by atomic mass is 10.0. The number of hydrogen-bond acceptors (Lipinski definition) is 5.